The van der Waals surface area contributed by atoms with Gasteiger partial charge in [-0.05, 0) is 56.9 Å². The Morgan fingerprint density at radius 1 is 1.06 bits per heavy atom. The highest BCUT2D eigenvalue weighted by Gasteiger charge is 2.37. The maximum absolute atomic E-state index is 3.74. The van der Waals surface area contributed by atoms with Gasteiger partial charge in [0.05, 0.1) is 0 Å². The summed E-state index contributed by atoms with van der Waals surface area (Å²) in [5.41, 5.74) is 0. The Morgan fingerprint density at radius 2 is 1.89 bits per heavy atom. The van der Waals surface area contributed by atoms with E-state index < -0.39 is 0 Å². The van der Waals surface area contributed by atoms with Crippen LogP contribution < -0.4 is 5.32 Å². The van der Waals surface area contributed by atoms with Gasteiger partial charge in [0, 0.05) is 25.2 Å². The van der Waals surface area contributed by atoms with Crippen molar-refractivity contribution in [3.05, 3.63) is 0 Å². The maximum atomic E-state index is 3.74. The fraction of sp³-hybridized carbons (Fsp3) is 1.00. The topological polar surface area (TPSA) is 15.3 Å². The van der Waals surface area contributed by atoms with Gasteiger partial charge >= 0.3 is 0 Å². The molecule has 0 bridgehead atoms. The van der Waals surface area contributed by atoms with Crippen LogP contribution in [0.1, 0.15) is 58.3 Å². The summed E-state index contributed by atoms with van der Waals surface area (Å²) in [7, 11) is 0. The third kappa shape index (κ3) is 2.75. The van der Waals surface area contributed by atoms with Crippen LogP contribution >= 0.6 is 0 Å². The van der Waals surface area contributed by atoms with Crippen molar-refractivity contribution < 1.29 is 0 Å². The SMILES string of the molecule is CCCC1CCC(N2CC3CCCNC3C2)CC1. The summed E-state index contributed by atoms with van der Waals surface area (Å²) in [5, 5.41) is 3.74. The minimum Gasteiger partial charge on any atom is -0.312 e. The van der Waals surface area contributed by atoms with Gasteiger partial charge < -0.3 is 5.32 Å². The lowest BCUT2D eigenvalue weighted by Gasteiger charge is -2.34. The van der Waals surface area contributed by atoms with E-state index >= 15 is 0 Å². The number of fused-ring (bicyclic) bond motifs is 1. The first-order valence-electron chi connectivity index (χ1n) is 8.34. The molecule has 1 aliphatic carbocycles. The van der Waals surface area contributed by atoms with Crippen LogP contribution in [0.3, 0.4) is 0 Å². The van der Waals surface area contributed by atoms with Crippen LogP contribution in [0.15, 0.2) is 0 Å². The molecule has 3 aliphatic rings. The average Bonchev–Trinajstić information content (AvgIpc) is 2.84. The Kier molecular flexibility index (Phi) is 4.25. The van der Waals surface area contributed by atoms with Gasteiger partial charge in [-0.25, -0.2) is 0 Å². The molecule has 0 amide bonds. The van der Waals surface area contributed by atoms with E-state index in [-0.39, 0.29) is 0 Å². The largest absolute Gasteiger partial charge is 0.312 e. The van der Waals surface area contributed by atoms with Gasteiger partial charge in [-0.1, -0.05) is 19.8 Å². The summed E-state index contributed by atoms with van der Waals surface area (Å²) in [6.45, 7) is 6.33. The van der Waals surface area contributed by atoms with Crippen molar-refractivity contribution >= 4 is 0 Å². The summed E-state index contributed by atoms with van der Waals surface area (Å²) in [6.07, 6.45) is 11.7. The minimum atomic E-state index is 0.826. The van der Waals surface area contributed by atoms with Crippen LogP contribution in [-0.2, 0) is 0 Å². The number of likely N-dealkylation sites (tertiary alicyclic amines) is 1. The van der Waals surface area contributed by atoms with Gasteiger partial charge in [-0.15, -0.1) is 0 Å². The van der Waals surface area contributed by atoms with E-state index in [1.165, 1.54) is 71.0 Å². The van der Waals surface area contributed by atoms with Crippen LogP contribution in [0.2, 0.25) is 0 Å². The van der Waals surface area contributed by atoms with Crippen molar-refractivity contribution in [3.8, 4) is 0 Å². The predicted molar refractivity (Wildman–Crippen MR) is 76.7 cm³/mol. The molecule has 1 saturated carbocycles. The lowest BCUT2D eigenvalue weighted by Crippen LogP contribution is -2.41. The first kappa shape index (κ1) is 12.9. The summed E-state index contributed by atoms with van der Waals surface area (Å²) < 4.78 is 0. The van der Waals surface area contributed by atoms with Crippen LogP contribution in [0.4, 0.5) is 0 Å². The fourth-order valence-electron chi connectivity index (χ4n) is 4.59. The molecule has 3 fully saturated rings. The van der Waals surface area contributed by atoms with E-state index in [9.17, 15) is 0 Å². The number of nitrogens with zero attached hydrogens (tertiary/aromatic N) is 1. The summed E-state index contributed by atoms with van der Waals surface area (Å²) in [6, 6.07) is 1.75. The molecule has 2 atom stereocenters. The number of piperidine rings is 1. The quantitative estimate of drug-likeness (QED) is 0.828. The molecule has 1 N–H and O–H groups in total. The molecule has 0 aromatic heterocycles. The first-order chi connectivity index (χ1) is 8.86. The predicted octanol–water partition coefficient (Wildman–Crippen LogP) is 3.03. The van der Waals surface area contributed by atoms with Crippen LogP contribution in [0, 0.1) is 11.8 Å². The van der Waals surface area contributed by atoms with Crippen LogP contribution in [0.5, 0.6) is 0 Å². The van der Waals surface area contributed by atoms with Gasteiger partial charge in [0.2, 0.25) is 0 Å². The maximum Gasteiger partial charge on any atom is 0.0235 e. The Balaban J connectivity index is 1.48. The number of hydrogen-bond donors (Lipinski definition) is 1. The van der Waals surface area contributed by atoms with E-state index in [0.29, 0.717) is 0 Å². The highest BCUT2D eigenvalue weighted by atomic mass is 15.2. The smallest absolute Gasteiger partial charge is 0.0235 e. The zero-order valence-electron chi connectivity index (χ0n) is 12.0. The van der Waals surface area contributed by atoms with E-state index in [1.54, 1.807) is 0 Å². The van der Waals surface area contributed by atoms with Gasteiger partial charge in [0.15, 0.2) is 0 Å². The lowest BCUT2D eigenvalue weighted by atomic mass is 9.83. The van der Waals surface area contributed by atoms with Crippen LogP contribution in [-0.4, -0.2) is 36.6 Å². The van der Waals surface area contributed by atoms with E-state index in [1.807, 2.05) is 0 Å². The van der Waals surface area contributed by atoms with E-state index in [4.69, 9.17) is 0 Å². The molecule has 2 unspecified atom stereocenters. The third-order valence-corrected chi connectivity index (χ3v) is 5.66. The molecular weight excluding hydrogens is 220 g/mol. The van der Waals surface area contributed by atoms with Crippen molar-refractivity contribution in [3.63, 3.8) is 0 Å². The fourth-order valence-corrected chi connectivity index (χ4v) is 4.59. The van der Waals surface area contributed by atoms with Crippen molar-refractivity contribution in [2.75, 3.05) is 19.6 Å². The molecule has 2 saturated heterocycles. The van der Waals surface area contributed by atoms with Crippen molar-refractivity contribution in [1.82, 2.24) is 10.2 Å². The highest BCUT2D eigenvalue weighted by Crippen LogP contribution is 2.34. The Morgan fingerprint density at radius 3 is 2.61 bits per heavy atom. The van der Waals surface area contributed by atoms with Gasteiger partial charge in [-0.3, -0.25) is 4.90 Å². The molecule has 2 nitrogen and oxygen atoms in total. The second-order valence-electron chi connectivity index (χ2n) is 6.88. The van der Waals surface area contributed by atoms with Gasteiger partial charge in [0.1, 0.15) is 0 Å². The molecule has 0 aromatic rings. The van der Waals surface area contributed by atoms with Gasteiger partial charge in [0.25, 0.3) is 0 Å². The normalized spacial score (nSPS) is 41.8. The minimum absolute atomic E-state index is 0.826. The standard InChI is InChI=1S/C16H30N2/c1-2-4-13-6-8-15(9-7-13)18-11-14-5-3-10-17-16(14)12-18/h13-17H,2-12H2,1H3. The monoisotopic (exact) mass is 250 g/mol. The van der Waals surface area contributed by atoms with Gasteiger partial charge in [-0.2, -0.15) is 0 Å². The zero-order valence-corrected chi connectivity index (χ0v) is 12.0. The molecular formula is C16H30N2. The first-order valence-corrected chi connectivity index (χ1v) is 8.34. The Hall–Kier alpha value is -0.0800. The summed E-state index contributed by atoms with van der Waals surface area (Å²) in [4.78, 5) is 2.83. The zero-order chi connectivity index (χ0) is 12.4. The number of rotatable bonds is 3. The Labute approximate surface area is 113 Å². The van der Waals surface area contributed by atoms with Crippen molar-refractivity contribution in [2.45, 2.75) is 70.4 Å². The van der Waals surface area contributed by atoms with Crippen molar-refractivity contribution in [1.29, 1.82) is 0 Å². The molecule has 2 heteroatoms. The van der Waals surface area contributed by atoms with Crippen LogP contribution in [0.25, 0.3) is 0 Å². The highest BCUT2D eigenvalue weighted by molar-refractivity contribution is 4.95. The molecule has 2 heterocycles. The molecule has 104 valence electrons. The van der Waals surface area contributed by atoms with Crippen molar-refractivity contribution in [2.24, 2.45) is 11.8 Å². The number of hydrogen-bond acceptors (Lipinski definition) is 2. The van der Waals surface area contributed by atoms with E-state index in [2.05, 4.69) is 17.1 Å². The Bertz CT molecular complexity index is 244. The second-order valence-corrected chi connectivity index (χ2v) is 6.88. The third-order valence-electron chi connectivity index (χ3n) is 5.66. The lowest BCUT2D eigenvalue weighted by molar-refractivity contribution is 0.155. The van der Waals surface area contributed by atoms with E-state index in [0.717, 1.165) is 23.9 Å². The molecule has 0 radical (unpaired) electrons. The molecule has 0 spiro atoms. The molecule has 3 rings (SSSR count). The molecule has 2 aliphatic heterocycles. The second kappa shape index (κ2) is 5.92. The number of nitrogens with one attached hydrogen (secondary N) is 1. The summed E-state index contributed by atoms with van der Waals surface area (Å²) >= 11 is 0. The average molecular weight is 250 g/mol. The molecule has 18 heavy (non-hydrogen) atoms. The molecule has 0 aromatic carbocycles. The summed E-state index contributed by atoms with van der Waals surface area (Å²) in [5.74, 6) is 2.02.